The van der Waals surface area contributed by atoms with Crippen LogP contribution in [-0.2, 0) is 6.54 Å². The molecule has 0 atom stereocenters. The van der Waals surface area contributed by atoms with Crippen LogP contribution in [0.4, 0.5) is 0 Å². The summed E-state index contributed by atoms with van der Waals surface area (Å²) in [6.45, 7) is 0.971. The molecule has 0 unspecified atom stereocenters. The van der Waals surface area contributed by atoms with E-state index < -0.39 is 0 Å². The number of aldehydes is 1. The molecular formula is C12H15N3O. The second-order valence-corrected chi connectivity index (χ2v) is 4.60. The quantitative estimate of drug-likeness (QED) is 0.702. The Kier molecular flexibility index (Phi) is 2.02. The van der Waals surface area contributed by atoms with Crippen molar-refractivity contribution in [1.29, 1.82) is 0 Å². The number of hydrazine groups is 1. The van der Waals surface area contributed by atoms with Gasteiger partial charge in [0.1, 0.15) is 0 Å². The van der Waals surface area contributed by atoms with Crippen molar-refractivity contribution < 1.29 is 4.79 Å². The van der Waals surface area contributed by atoms with E-state index in [4.69, 9.17) is 0 Å². The van der Waals surface area contributed by atoms with Crippen molar-refractivity contribution in [3.05, 3.63) is 22.3 Å². The third-order valence-electron chi connectivity index (χ3n) is 3.20. The summed E-state index contributed by atoms with van der Waals surface area (Å²) >= 11 is 0. The Labute approximate surface area is 93.8 Å². The van der Waals surface area contributed by atoms with Gasteiger partial charge in [0.05, 0.1) is 11.0 Å². The van der Waals surface area contributed by atoms with Crippen LogP contribution in [0, 0.1) is 5.92 Å². The number of nitrogens with zero attached hydrogens (tertiary/aromatic N) is 2. The van der Waals surface area contributed by atoms with Crippen molar-refractivity contribution in [2.75, 3.05) is 7.05 Å². The molecular weight excluding hydrogens is 202 g/mol. The van der Waals surface area contributed by atoms with E-state index in [9.17, 15) is 4.79 Å². The number of carbonyl (C=O) groups excluding carboxylic acids is 1. The fraction of sp³-hybridized carbons (Fsp3) is 0.417. The van der Waals surface area contributed by atoms with Gasteiger partial charge in [0.15, 0.2) is 6.29 Å². The van der Waals surface area contributed by atoms with Crippen LogP contribution in [0.1, 0.15) is 23.3 Å². The van der Waals surface area contributed by atoms with Gasteiger partial charge in [-0.2, -0.15) is 0 Å². The zero-order valence-electron chi connectivity index (χ0n) is 9.31. The molecule has 1 N–H and O–H groups in total. The predicted molar refractivity (Wildman–Crippen MR) is 61.6 cm³/mol. The smallest absolute Gasteiger partial charge is 0.166 e. The molecule has 0 spiro atoms. The Hall–Kier alpha value is -1.71. The summed E-state index contributed by atoms with van der Waals surface area (Å²) < 4.78 is 2.12. The summed E-state index contributed by atoms with van der Waals surface area (Å²) in [5.41, 5.74) is 3.90. The predicted octanol–water partition coefficient (Wildman–Crippen LogP) is -0.363. The van der Waals surface area contributed by atoms with Gasteiger partial charge in [0.25, 0.3) is 0 Å². The molecule has 0 amide bonds. The summed E-state index contributed by atoms with van der Waals surface area (Å²) in [6, 6.07) is 1.96. The van der Waals surface area contributed by atoms with Crippen LogP contribution < -0.4 is 16.0 Å². The first-order valence-electron chi connectivity index (χ1n) is 5.63. The van der Waals surface area contributed by atoms with E-state index in [1.807, 2.05) is 30.5 Å². The molecule has 2 aliphatic rings. The Morgan fingerprint density at radius 1 is 1.56 bits per heavy atom. The van der Waals surface area contributed by atoms with Crippen molar-refractivity contribution >= 4 is 18.7 Å². The second kappa shape index (κ2) is 3.40. The second-order valence-electron chi connectivity index (χ2n) is 4.60. The maximum absolute atomic E-state index is 11.0. The van der Waals surface area contributed by atoms with Crippen LogP contribution in [0.3, 0.4) is 0 Å². The fourth-order valence-corrected chi connectivity index (χ4v) is 2.14. The van der Waals surface area contributed by atoms with Gasteiger partial charge in [0.2, 0.25) is 0 Å². The van der Waals surface area contributed by atoms with Gasteiger partial charge >= 0.3 is 0 Å². The average Bonchev–Trinajstić information content (AvgIpc) is 3.01. The van der Waals surface area contributed by atoms with Crippen molar-refractivity contribution in [2.45, 2.75) is 19.4 Å². The molecule has 1 aliphatic heterocycles. The summed E-state index contributed by atoms with van der Waals surface area (Å²) in [4.78, 5) is 11.0. The lowest BCUT2D eigenvalue weighted by Gasteiger charge is -2.16. The number of rotatable bonds is 3. The van der Waals surface area contributed by atoms with E-state index in [0.29, 0.717) is 0 Å². The molecule has 16 heavy (non-hydrogen) atoms. The van der Waals surface area contributed by atoms with Crippen LogP contribution >= 0.6 is 0 Å². The fourth-order valence-electron chi connectivity index (χ4n) is 2.14. The van der Waals surface area contributed by atoms with E-state index in [0.717, 1.165) is 35.0 Å². The molecule has 3 rings (SSSR count). The van der Waals surface area contributed by atoms with Crippen LogP contribution in [0.2, 0.25) is 0 Å². The Morgan fingerprint density at radius 2 is 2.38 bits per heavy atom. The summed E-state index contributed by atoms with van der Waals surface area (Å²) in [7, 11) is 1.94. The maximum Gasteiger partial charge on any atom is 0.166 e. The van der Waals surface area contributed by atoms with Gasteiger partial charge in [-0.3, -0.25) is 9.80 Å². The molecule has 0 radical (unpaired) electrons. The molecule has 0 aromatic carbocycles. The molecule has 0 saturated heterocycles. The lowest BCUT2D eigenvalue weighted by molar-refractivity contribution is 0.111. The number of aromatic nitrogens is 1. The first-order chi connectivity index (χ1) is 7.78. The number of carbonyl (C=O) groups is 1. The molecule has 2 heterocycles. The van der Waals surface area contributed by atoms with Gasteiger partial charge in [-0.1, -0.05) is 0 Å². The lowest BCUT2D eigenvalue weighted by atomic mass is 10.4. The van der Waals surface area contributed by atoms with Crippen molar-refractivity contribution in [3.8, 4) is 0 Å². The monoisotopic (exact) mass is 217 g/mol. The van der Waals surface area contributed by atoms with E-state index in [-0.39, 0.29) is 0 Å². The van der Waals surface area contributed by atoms with Gasteiger partial charge in [0, 0.05) is 31.2 Å². The minimum Gasteiger partial charge on any atom is -0.337 e. The standard InChI is InChI=1S/C12H15N3O/c1-14-7-10-4-11(8-16)15(6-9-2-3-9)12(10)5-13-14/h4-5,7-9,13H,2-3,6H2,1H3. The third kappa shape index (κ3) is 1.50. The third-order valence-corrected chi connectivity index (χ3v) is 3.20. The molecule has 84 valence electrons. The highest BCUT2D eigenvalue weighted by molar-refractivity contribution is 5.72. The normalized spacial score (nSPS) is 18.2. The van der Waals surface area contributed by atoms with Crippen LogP contribution in [0.5, 0.6) is 0 Å². The molecule has 1 aromatic rings. The number of hydrogen-bond acceptors (Lipinski definition) is 3. The van der Waals surface area contributed by atoms with Crippen molar-refractivity contribution in [3.63, 3.8) is 0 Å². The number of hydrogen-bond donors (Lipinski definition) is 1. The molecule has 4 heteroatoms. The molecule has 0 bridgehead atoms. The summed E-state index contributed by atoms with van der Waals surface area (Å²) in [6.07, 6.45) is 7.50. The number of nitrogens with one attached hydrogen (secondary N) is 1. The summed E-state index contributed by atoms with van der Waals surface area (Å²) in [5.74, 6) is 0.767. The highest BCUT2D eigenvalue weighted by Crippen LogP contribution is 2.30. The minimum absolute atomic E-state index is 0.767. The van der Waals surface area contributed by atoms with Crippen molar-refractivity contribution in [1.82, 2.24) is 15.0 Å². The Morgan fingerprint density at radius 3 is 3.06 bits per heavy atom. The Balaban J connectivity index is 2.14. The van der Waals surface area contributed by atoms with Gasteiger partial charge in [-0.25, -0.2) is 0 Å². The molecule has 1 aromatic heterocycles. The van der Waals surface area contributed by atoms with Gasteiger partial charge in [-0.05, 0) is 24.8 Å². The minimum atomic E-state index is 0.767. The zero-order chi connectivity index (χ0) is 11.1. The van der Waals surface area contributed by atoms with Crippen LogP contribution in [0.25, 0.3) is 12.4 Å². The zero-order valence-corrected chi connectivity index (χ0v) is 9.31. The maximum atomic E-state index is 11.0. The van der Waals surface area contributed by atoms with Crippen LogP contribution in [0.15, 0.2) is 6.07 Å². The van der Waals surface area contributed by atoms with E-state index >= 15 is 0 Å². The molecule has 1 aliphatic carbocycles. The van der Waals surface area contributed by atoms with E-state index in [1.165, 1.54) is 12.8 Å². The van der Waals surface area contributed by atoms with E-state index in [2.05, 4.69) is 9.99 Å². The molecule has 1 fully saturated rings. The van der Waals surface area contributed by atoms with Crippen LogP contribution in [-0.4, -0.2) is 22.9 Å². The SMILES string of the molecule is CN1C=c2cc(C=O)n(CC3CC3)c2=CN1. The van der Waals surface area contributed by atoms with Gasteiger partial charge in [-0.15, -0.1) is 0 Å². The average molecular weight is 217 g/mol. The van der Waals surface area contributed by atoms with E-state index in [1.54, 1.807) is 0 Å². The summed E-state index contributed by atoms with van der Waals surface area (Å²) in [5, 5.41) is 4.12. The molecule has 4 nitrogen and oxygen atoms in total. The highest BCUT2D eigenvalue weighted by atomic mass is 16.1. The molecule has 1 saturated carbocycles. The lowest BCUT2D eigenvalue weighted by Crippen LogP contribution is -2.42. The highest BCUT2D eigenvalue weighted by Gasteiger charge is 2.23. The first kappa shape index (κ1) is 9.51. The Bertz CT molecular complexity index is 539. The van der Waals surface area contributed by atoms with Gasteiger partial charge < -0.3 is 9.99 Å². The first-order valence-corrected chi connectivity index (χ1v) is 5.63. The van der Waals surface area contributed by atoms with Crippen molar-refractivity contribution in [2.24, 2.45) is 5.92 Å². The number of fused-ring (bicyclic) bond motifs is 1. The largest absolute Gasteiger partial charge is 0.337 e. The topological polar surface area (TPSA) is 37.3 Å².